The van der Waals surface area contributed by atoms with E-state index in [2.05, 4.69) is 6.07 Å². The van der Waals surface area contributed by atoms with Crippen molar-refractivity contribution in [3.05, 3.63) is 53.1 Å². The summed E-state index contributed by atoms with van der Waals surface area (Å²) in [6, 6.07) is 11.0. The lowest BCUT2D eigenvalue weighted by Gasteiger charge is -2.28. The Balaban J connectivity index is 1.66. The number of methoxy groups -OCH3 is 3. The molecule has 0 unspecified atom stereocenters. The summed E-state index contributed by atoms with van der Waals surface area (Å²) in [6.45, 7) is 0.789. The number of hydrogen-bond donors (Lipinski definition) is 0. The van der Waals surface area contributed by atoms with Crippen LogP contribution in [0.3, 0.4) is 0 Å². The quantitative estimate of drug-likeness (QED) is 0.711. The first-order chi connectivity index (χ1) is 13.6. The highest BCUT2D eigenvalue weighted by molar-refractivity contribution is 5.95. The second-order valence-corrected chi connectivity index (χ2v) is 6.32. The summed E-state index contributed by atoms with van der Waals surface area (Å²) in [5, 5.41) is 0. The van der Waals surface area contributed by atoms with Crippen LogP contribution in [0.4, 0.5) is 0 Å². The topological polar surface area (TPSA) is 74.3 Å². The van der Waals surface area contributed by atoms with Crippen LogP contribution in [0.25, 0.3) is 0 Å². The lowest BCUT2D eigenvalue weighted by Crippen LogP contribution is -2.38. The molecule has 1 aliphatic rings. The normalized spacial score (nSPS) is 12.8. The average Bonchev–Trinajstić information content (AvgIpc) is 2.75. The minimum Gasteiger partial charge on any atom is -0.496 e. The molecule has 0 spiro atoms. The molecule has 0 radical (unpaired) electrons. The number of amides is 1. The second-order valence-electron chi connectivity index (χ2n) is 6.32. The van der Waals surface area contributed by atoms with E-state index in [0.717, 1.165) is 12.0 Å². The van der Waals surface area contributed by atoms with Gasteiger partial charge < -0.3 is 23.8 Å². The van der Waals surface area contributed by atoms with Crippen molar-refractivity contribution >= 4 is 11.9 Å². The Kier molecular flexibility index (Phi) is 6.03. The molecular weight excluding hydrogens is 362 g/mol. The monoisotopic (exact) mass is 385 g/mol. The van der Waals surface area contributed by atoms with Gasteiger partial charge in [-0.25, -0.2) is 4.79 Å². The fraction of sp³-hybridized carbons (Fsp3) is 0.333. The number of carbonyl (C=O) groups is 2. The first-order valence-electron chi connectivity index (χ1n) is 8.89. The van der Waals surface area contributed by atoms with Gasteiger partial charge in [0.1, 0.15) is 11.3 Å². The Morgan fingerprint density at radius 1 is 0.929 bits per heavy atom. The number of carbonyl (C=O) groups excluding carboxylic acids is 2. The molecule has 2 aromatic carbocycles. The Morgan fingerprint density at radius 2 is 1.57 bits per heavy atom. The lowest BCUT2D eigenvalue weighted by atomic mass is 10.00. The summed E-state index contributed by atoms with van der Waals surface area (Å²) < 4.78 is 20.9. The molecule has 0 N–H and O–H groups in total. The molecule has 2 aromatic rings. The maximum Gasteiger partial charge on any atom is 0.342 e. The predicted molar refractivity (Wildman–Crippen MR) is 102 cm³/mol. The van der Waals surface area contributed by atoms with Crippen LogP contribution in [-0.2, 0) is 22.5 Å². The zero-order chi connectivity index (χ0) is 20.1. The summed E-state index contributed by atoms with van der Waals surface area (Å²) in [5.41, 5.74) is 2.53. The first-order valence-corrected chi connectivity index (χ1v) is 8.89. The van der Waals surface area contributed by atoms with E-state index in [9.17, 15) is 9.59 Å². The fourth-order valence-electron chi connectivity index (χ4n) is 3.19. The van der Waals surface area contributed by atoms with Crippen LogP contribution in [0.5, 0.6) is 17.2 Å². The van der Waals surface area contributed by atoms with Gasteiger partial charge >= 0.3 is 5.97 Å². The smallest absolute Gasteiger partial charge is 0.342 e. The van der Waals surface area contributed by atoms with Gasteiger partial charge in [0.2, 0.25) is 0 Å². The van der Waals surface area contributed by atoms with Gasteiger partial charge in [-0.3, -0.25) is 4.79 Å². The van der Waals surface area contributed by atoms with E-state index in [4.69, 9.17) is 18.9 Å². The van der Waals surface area contributed by atoms with Crippen LogP contribution in [0, 0.1) is 0 Å². The molecule has 3 rings (SSSR count). The van der Waals surface area contributed by atoms with Crippen molar-refractivity contribution in [2.75, 3.05) is 34.5 Å². The highest BCUT2D eigenvalue weighted by Crippen LogP contribution is 2.35. The number of esters is 1. The van der Waals surface area contributed by atoms with Crippen molar-refractivity contribution in [1.82, 2.24) is 4.90 Å². The molecule has 7 nitrogen and oxygen atoms in total. The van der Waals surface area contributed by atoms with Gasteiger partial charge in [0, 0.05) is 25.2 Å². The third-order valence-electron chi connectivity index (χ3n) is 4.74. The van der Waals surface area contributed by atoms with E-state index in [-0.39, 0.29) is 23.8 Å². The molecular formula is C21H23NO6. The third-order valence-corrected chi connectivity index (χ3v) is 4.74. The molecule has 0 aliphatic carbocycles. The minimum atomic E-state index is -0.663. The maximum absolute atomic E-state index is 12.5. The lowest BCUT2D eigenvalue weighted by molar-refractivity contribution is -0.135. The fourth-order valence-corrected chi connectivity index (χ4v) is 3.19. The molecule has 28 heavy (non-hydrogen) atoms. The first kappa shape index (κ1) is 19.5. The Hall–Kier alpha value is -3.22. The van der Waals surface area contributed by atoms with E-state index < -0.39 is 5.97 Å². The molecule has 0 saturated heterocycles. The minimum absolute atomic E-state index is 0.164. The maximum atomic E-state index is 12.5. The molecule has 7 heteroatoms. The number of rotatable bonds is 6. The molecule has 1 aliphatic heterocycles. The summed E-state index contributed by atoms with van der Waals surface area (Å²) in [6.07, 6.45) is 0.791. The molecule has 1 amide bonds. The van der Waals surface area contributed by atoms with Gasteiger partial charge in [0.25, 0.3) is 5.91 Å². The predicted octanol–water partition coefficient (Wildman–Crippen LogP) is 2.45. The number of fused-ring (bicyclic) bond motifs is 1. The summed E-state index contributed by atoms with van der Waals surface area (Å²) >= 11 is 0. The van der Waals surface area contributed by atoms with Crippen molar-refractivity contribution in [3.63, 3.8) is 0 Å². The van der Waals surface area contributed by atoms with Crippen molar-refractivity contribution in [1.29, 1.82) is 0 Å². The van der Waals surface area contributed by atoms with Crippen molar-refractivity contribution < 1.29 is 28.5 Å². The SMILES string of the molecule is COc1cc(OC)c(C(=O)OCC(=O)N2CCc3ccccc3C2)cc1OC. The Bertz CT molecular complexity index is 879. The average molecular weight is 385 g/mol. The standard InChI is InChI=1S/C21H23NO6/c1-25-17-11-19(27-3)18(26-2)10-16(17)21(24)28-13-20(23)22-9-8-14-6-4-5-7-15(14)12-22/h4-7,10-11H,8-9,12-13H2,1-3H3. The zero-order valence-corrected chi connectivity index (χ0v) is 16.2. The second kappa shape index (κ2) is 8.65. The Morgan fingerprint density at radius 3 is 2.25 bits per heavy atom. The van der Waals surface area contributed by atoms with Crippen molar-refractivity contribution in [2.24, 2.45) is 0 Å². The molecule has 0 bridgehead atoms. The van der Waals surface area contributed by atoms with Crippen LogP contribution in [0.1, 0.15) is 21.5 Å². The third kappa shape index (κ3) is 4.03. The van der Waals surface area contributed by atoms with Crippen LogP contribution in [-0.4, -0.2) is 51.3 Å². The Labute approximate surface area is 163 Å². The van der Waals surface area contributed by atoms with E-state index in [1.165, 1.54) is 33.0 Å². The van der Waals surface area contributed by atoms with E-state index in [1.54, 1.807) is 11.0 Å². The van der Waals surface area contributed by atoms with Gasteiger partial charge in [0.05, 0.1) is 21.3 Å². The molecule has 0 fully saturated rings. The summed E-state index contributed by atoms with van der Waals surface area (Å²) in [7, 11) is 4.40. The number of nitrogens with zero attached hydrogens (tertiary/aromatic N) is 1. The largest absolute Gasteiger partial charge is 0.496 e. The summed E-state index contributed by atoms with van der Waals surface area (Å²) in [5.74, 6) is 0.182. The zero-order valence-electron chi connectivity index (χ0n) is 16.2. The number of benzene rings is 2. The van der Waals surface area contributed by atoms with Crippen LogP contribution >= 0.6 is 0 Å². The molecule has 148 valence electrons. The van der Waals surface area contributed by atoms with Crippen LogP contribution in [0.15, 0.2) is 36.4 Å². The van der Waals surface area contributed by atoms with Gasteiger partial charge in [0.15, 0.2) is 18.1 Å². The highest BCUT2D eigenvalue weighted by atomic mass is 16.5. The number of ether oxygens (including phenoxy) is 4. The van der Waals surface area contributed by atoms with Gasteiger partial charge in [-0.2, -0.15) is 0 Å². The molecule has 0 saturated carbocycles. The van der Waals surface area contributed by atoms with Crippen LogP contribution in [0.2, 0.25) is 0 Å². The number of hydrogen-bond acceptors (Lipinski definition) is 6. The van der Waals surface area contributed by atoms with Gasteiger partial charge in [-0.05, 0) is 17.5 Å². The van der Waals surface area contributed by atoms with E-state index in [1.807, 2.05) is 18.2 Å². The summed E-state index contributed by atoms with van der Waals surface area (Å²) in [4.78, 5) is 26.7. The van der Waals surface area contributed by atoms with Gasteiger partial charge in [-0.15, -0.1) is 0 Å². The van der Waals surface area contributed by atoms with E-state index >= 15 is 0 Å². The molecule has 0 atom stereocenters. The van der Waals surface area contributed by atoms with Gasteiger partial charge in [-0.1, -0.05) is 24.3 Å². The highest BCUT2D eigenvalue weighted by Gasteiger charge is 2.23. The van der Waals surface area contributed by atoms with Crippen molar-refractivity contribution in [2.45, 2.75) is 13.0 Å². The molecule has 1 heterocycles. The van der Waals surface area contributed by atoms with Crippen LogP contribution < -0.4 is 14.2 Å². The molecule has 0 aromatic heterocycles. The van der Waals surface area contributed by atoms with Crippen molar-refractivity contribution in [3.8, 4) is 17.2 Å². The van der Waals surface area contributed by atoms with E-state index in [0.29, 0.717) is 24.6 Å².